The lowest BCUT2D eigenvalue weighted by Crippen LogP contribution is -2.12. The van der Waals surface area contributed by atoms with Gasteiger partial charge in [0.2, 0.25) is 0 Å². The van der Waals surface area contributed by atoms with E-state index in [-0.39, 0.29) is 22.6 Å². The van der Waals surface area contributed by atoms with Crippen LogP contribution < -0.4 is 10.3 Å². The summed E-state index contributed by atoms with van der Waals surface area (Å²) >= 11 is 0. The Kier molecular flexibility index (Phi) is 4.27. The standard InChI is InChI=1S/C19H18N2O4/c1-10(2)25-16-7-4-11(3)8-14(16)17-20-15-6-5-12(19(23)24)9-13(15)18(22)21-17/h4-10H,1-3H3,(H,23,24)(H,20,21,22). The number of aromatic carboxylic acids is 1. The number of rotatable bonds is 4. The van der Waals surface area contributed by atoms with Crippen molar-refractivity contribution >= 4 is 16.9 Å². The third kappa shape index (κ3) is 3.38. The van der Waals surface area contributed by atoms with Crippen LogP contribution in [0.2, 0.25) is 0 Å². The fourth-order valence-electron chi connectivity index (χ4n) is 2.58. The molecule has 0 saturated carbocycles. The van der Waals surface area contributed by atoms with E-state index in [2.05, 4.69) is 9.97 Å². The van der Waals surface area contributed by atoms with E-state index in [1.54, 1.807) is 0 Å². The lowest BCUT2D eigenvalue weighted by molar-refractivity contribution is 0.0697. The molecule has 0 aliphatic rings. The van der Waals surface area contributed by atoms with E-state index >= 15 is 0 Å². The largest absolute Gasteiger partial charge is 0.490 e. The second kappa shape index (κ2) is 6.39. The van der Waals surface area contributed by atoms with Crippen LogP contribution in [0.15, 0.2) is 41.2 Å². The molecule has 0 amide bonds. The van der Waals surface area contributed by atoms with Gasteiger partial charge in [-0.25, -0.2) is 9.78 Å². The Balaban J connectivity index is 2.20. The summed E-state index contributed by atoms with van der Waals surface area (Å²) in [5.74, 6) is -0.0677. The average Bonchev–Trinajstić information content (AvgIpc) is 2.55. The van der Waals surface area contributed by atoms with Crippen molar-refractivity contribution in [1.82, 2.24) is 9.97 Å². The highest BCUT2D eigenvalue weighted by Gasteiger charge is 2.14. The molecule has 1 heterocycles. The molecule has 25 heavy (non-hydrogen) atoms. The van der Waals surface area contributed by atoms with Crippen molar-refractivity contribution in [1.29, 1.82) is 0 Å². The highest BCUT2D eigenvalue weighted by Crippen LogP contribution is 2.29. The zero-order chi connectivity index (χ0) is 18.1. The molecule has 0 atom stereocenters. The number of ether oxygens (including phenoxy) is 1. The van der Waals surface area contributed by atoms with Gasteiger partial charge in [0.1, 0.15) is 11.6 Å². The molecule has 128 valence electrons. The van der Waals surface area contributed by atoms with Gasteiger partial charge in [0.15, 0.2) is 0 Å². The Morgan fingerprint density at radius 1 is 1.20 bits per heavy atom. The lowest BCUT2D eigenvalue weighted by atomic mass is 10.1. The summed E-state index contributed by atoms with van der Waals surface area (Å²) < 4.78 is 5.82. The molecule has 2 aromatic carbocycles. The van der Waals surface area contributed by atoms with Crippen LogP contribution >= 0.6 is 0 Å². The molecule has 0 saturated heterocycles. The quantitative estimate of drug-likeness (QED) is 0.761. The molecule has 3 aromatic rings. The van der Waals surface area contributed by atoms with Crippen LogP contribution in [0.5, 0.6) is 5.75 Å². The summed E-state index contributed by atoms with van der Waals surface area (Å²) in [6.45, 7) is 5.79. The molecule has 1 aromatic heterocycles. The highest BCUT2D eigenvalue weighted by atomic mass is 16.5. The average molecular weight is 338 g/mol. The number of H-pyrrole nitrogens is 1. The minimum absolute atomic E-state index is 0.0215. The van der Waals surface area contributed by atoms with Crippen LogP contribution in [0.25, 0.3) is 22.3 Å². The first-order valence-corrected chi connectivity index (χ1v) is 7.90. The summed E-state index contributed by atoms with van der Waals surface area (Å²) in [6.07, 6.45) is -0.0215. The number of aromatic amines is 1. The molecule has 0 unspecified atom stereocenters. The normalized spacial score (nSPS) is 11.0. The zero-order valence-electron chi connectivity index (χ0n) is 14.2. The smallest absolute Gasteiger partial charge is 0.335 e. The van der Waals surface area contributed by atoms with Crippen LogP contribution in [-0.2, 0) is 0 Å². The number of carboxylic acids is 1. The molecule has 2 N–H and O–H groups in total. The van der Waals surface area contributed by atoms with Crippen molar-refractivity contribution in [2.45, 2.75) is 26.9 Å². The molecule has 0 radical (unpaired) electrons. The van der Waals surface area contributed by atoms with Gasteiger partial charge in [-0.1, -0.05) is 11.6 Å². The maximum atomic E-state index is 12.4. The van der Waals surface area contributed by atoms with Crippen molar-refractivity contribution in [2.24, 2.45) is 0 Å². The van der Waals surface area contributed by atoms with Crippen molar-refractivity contribution in [3.63, 3.8) is 0 Å². The molecule has 6 heteroatoms. The second-order valence-electron chi connectivity index (χ2n) is 6.12. The third-order valence-electron chi connectivity index (χ3n) is 3.71. The Bertz CT molecular complexity index is 1020. The summed E-state index contributed by atoms with van der Waals surface area (Å²) in [6, 6.07) is 9.98. The SMILES string of the molecule is Cc1ccc(OC(C)C)c(-c2nc3ccc(C(=O)O)cc3c(=O)[nH]2)c1. The van der Waals surface area contributed by atoms with Crippen LogP contribution in [0.1, 0.15) is 29.8 Å². The van der Waals surface area contributed by atoms with Gasteiger partial charge in [-0.3, -0.25) is 4.79 Å². The van der Waals surface area contributed by atoms with Gasteiger partial charge in [0.25, 0.3) is 5.56 Å². The fourth-order valence-corrected chi connectivity index (χ4v) is 2.58. The number of carboxylic acid groups (broad SMARTS) is 1. The second-order valence-corrected chi connectivity index (χ2v) is 6.12. The van der Waals surface area contributed by atoms with E-state index in [9.17, 15) is 9.59 Å². The Hall–Kier alpha value is -3.15. The summed E-state index contributed by atoms with van der Waals surface area (Å²) in [5.41, 5.74) is 1.79. The van der Waals surface area contributed by atoms with Gasteiger partial charge in [0.05, 0.1) is 28.1 Å². The van der Waals surface area contributed by atoms with E-state index in [0.717, 1.165) is 5.56 Å². The zero-order valence-corrected chi connectivity index (χ0v) is 14.2. The number of nitrogens with one attached hydrogen (secondary N) is 1. The van der Waals surface area contributed by atoms with Crippen molar-refractivity contribution < 1.29 is 14.6 Å². The molecular formula is C19H18N2O4. The van der Waals surface area contributed by atoms with Crippen LogP contribution in [0.4, 0.5) is 0 Å². The third-order valence-corrected chi connectivity index (χ3v) is 3.71. The topological polar surface area (TPSA) is 92.3 Å². The first kappa shape index (κ1) is 16.7. The number of fused-ring (bicyclic) bond motifs is 1. The number of aromatic nitrogens is 2. The maximum absolute atomic E-state index is 12.4. The van der Waals surface area contributed by atoms with Crippen LogP contribution in [-0.4, -0.2) is 27.1 Å². The molecular weight excluding hydrogens is 320 g/mol. The Morgan fingerprint density at radius 2 is 1.96 bits per heavy atom. The van der Waals surface area contributed by atoms with Crippen molar-refractivity contribution in [3.05, 3.63) is 57.9 Å². The van der Waals surface area contributed by atoms with Gasteiger partial charge in [-0.2, -0.15) is 0 Å². The van der Waals surface area contributed by atoms with Gasteiger partial charge in [-0.05, 0) is 51.1 Å². The number of nitrogens with zero attached hydrogens (tertiary/aromatic N) is 1. The van der Waals surface area contributed by atoms with Crippen molar-refractivity contribution in [2.75, 3.05) is 0 Å². The van der Waals surface area contributed by atoms with Gasteiger partial charge >= 0.3 is 5.97 Å². The van der Waals surface area contributed by atoms with E-state index in [4.69, 9.17) is 9.84 Å². The summed E-state index contributed by atoms with van der Waals surface area (Å²) in [4.78, 5) is 30.7. The van der Waals surface area contributed by atoms with E-state index in [1.807, 2.05) is 39.0 Å². The monoisotopic (exact) mass is 338 g/mol. The minimum Gasteiger partial charge on any atom is -0.490 e. The van der Waals surface area contributed by atoms with Gasteiger partial charge in [-0.15, -0.1) is 0 Å². The molecule has 0 aliphatic carbocycles. The summed E-state index contributed by atoms with van der Waals surface area (Å²) in [7, 11) is 0. The minimum atomic E-state index is -1.09. The number of benzene rings is 2. The number of carbonyl (C=O) groups is 1. The fraction of sp³-hybridized carbons (Fsp3) is 0.211. The first-order valence-electron chi connectivity index (χ1n) is 7.90. The molecule has 0 bridgehead atoms. The number of hydrogen-bond donors (Lipinski definition) is 2. The molecule has 6 nitrogen and oxygen atoms in total. The van der Waals surface area contributed by atoms with Crippen LogP contribution in [0.3, 0.4) is 0 Å². The van der Waals surface area contributed by atoms with Crippen LogP contribution in [0, 0.1) is 6.92 Å². The molecule has 3 rings (SSSR count). The molecule has 0 spiro atoms. The first-order chi connectivity index (χ1) is 11.8. The highest BCUT2D eigenvalue weighted by molar-refractivity contribution is 5.93. The molecule has 0 fully saturated rings. The predicted molar refractivity (Wildman–Crippen MR) is 95.3 cm³/mol. The number of hydrogen-bond acceptors (Lipinski definition) is 4. The van der Waals surface area contributed by atoms with Gasteiger partial charge < -0.3 is 14.8 Å². The van der Waals surface area contributed by atoms with E-state index in [1.165, 1.54) is 18.2 Å². The Morgan fingerprint density at radius 3 is 2.64 bits per heavy atom. The predicted octanol–water partition coefficient (Wildman–Crippen LogP) is 3.38. The molecule has 0 aliphatic heterocycles. The van der Waals surface area contributed by atoms with Crippen molar-refractivity contribution in [3.8, 4) is 17.1 Å². The Labute approximate surface area is 144 Å². The van der Waals surface area contributed by atoms with E-state index in [0.29, 0.717) is 22.7 Å². The maximum Gasteiger partial charge on any atom is 0.335 e. The van der Waals surface area contributed by atoms with Gasteiger partial charge in [0, 0.05) is 0 Å². The van der Waals surface area contributed by atoms with E-state index < -0.39 is 5.97 Å². The lowest BCUT2D eigenvalue weighted by Gasteiger charge is -2.14. The number of aryl methyl sites for hydroxylation is 1. The summed E-state index contributed by atoms with van der Waals surface area (Å²) in [5, 5.41) is 9.31.